The third-order valence-electron chi connectivity index (χ3n) is 2.35. The van der Waals surface area contributed by atoms with E-state index in [-0.39, 0.29) is 19.1 Å². The minimum atomic E-state index is -1.01. The molecular weight excluding hydrogens is 278 g/mol. The van der Waals surface area contributed by atoms with Crippen molar-refractivity contribution in [2.75, 3.05) is 25.5 Å². The molecule has 1 amide bonds. The monoisotopic (exact) mass is 297 g/mol. The van der Waals surface area contributed by atoms with Crippen LogP contribution in [0.3, 0.4) is 0 Å². The number of aliphatic carboxylic acids is 1. The van der Waals surface area contributed by atoms with Crippen molar-refractivity contribution < 1.29 is 19.4 Å². The third kappa shape index (κ3) is 8.55. The van der Waals surface area contributed by atoms with Crippen LogP contribution in [0.15, 0.2) is 35.2 Å². The Labute approximate surface area is 122 Å². The van der Waals surface area contributed by atoms with Gasteiger partial charge < -0.3 is 15.2 Å². The number of hydrogen-bond donors (Lipinski definition) is 2. The van der Waals surface area contributed by atoms with Crippen molar-refractivity contribution in [1.29, 1.82) is 0 Å². The second-order valence-electron chi connectivity index (χ2n) is 4.06. The molecule has 0 radical (unpaired) electrons. The second kappa shape index (κ2) is 10.3. The molecule has 0 unspecified atom stereocenters. The zero-order chi connectivity index (χ0) is 14.6. The van der Waals surface area contributed by atoms with E-state index >= 15 is 0 Å². The lowest BCUT2D eigenvalue weighted by atomic mass is 10.3. The third-order valence-corrected chi connectivity index (χ3v) is 3.45. The first-order valence-corrected chi connectivity index (χ1v) is 7.41. The Hall–Kier alpha value is -1.53. The van der Waals surface area contributed by atoms with Crippen LogP contribution in [0.4, 0.5) is 0 Å². The van der Waals surface area contributed by atoms with Crippen LogP contribution < -0.4 is 5.32 Å². The van der Waals surface area contributed by atoms with E-state index in [2.05, 4.69) is 5.32 Å². The molecule has 6 heteroatoms. The summed E-state index contributed by atoms with van der Waals surface area (Å²) in [5.74, 6) is -0.140. The number of benzene rings is 1. The van der Waals surface area contributed by atoms with Gasteiger partial charge in [0.1, 0.15) is 6.61 Å². The Kier molecular flexibility index (Phi) is 8.49. The van der Waals surface area contributed by atoms with Gasteiger partial charge in [0, 0.05) is 17.9 Å². The smallest absolute Gasteiger partial charge is 0.329 e. The van der Waals surface area contributed by atoms with Gasteiger partial charge in [-0.05, 0) is 24.3 Å². The van der Waals surface area contributed by atoms with Gasteiger partial charge in [-0.25, -0.2) is 4.79 Å². The van der Waals surface area contributed by atoms with E-state index in [0.717, 1.165) is 12.2 Å². The van der Waals surface area contributed by atoms with Crippen molar-refractivity contribution in [2.45, 2.75) is 17.7 Å². The molecule has 2 N–H and O–H groups in total. The van der Waals surface area contributed by atoms with Gasteiger partial charge in [0.05, 0.1) is 6.61 Å². The van der Waals surface area contributed by atoms with Gasteiger partial charge in [0.25, 0.3) is 0 Å². The molecule has 5 nitrogen and oxygen atoms in total. The summed E-state index contributed by atoms with van der Waals surface area (Å²) in [6.07, 6.45) is 1.28. The summed E-state index contributed by atoms with van der Waals surface area (Å²) in [7, 11) is 0. The average molecular weight is 297 g/mol. The van der Waals surface area contributed by atoms with Gasteiger partial charge in [0.15, 0.2) is 0 Å². The first-order valence-electron chi connectivity index (χ1n) is 6.42. The van der Waals surface area contributed by atoms with Gasteiger partial charge >= 0.3 is 5.97 Å². The Morgan fingerprint density at radius 2 is 2.00 bits per heavy atom. The predicted octanol–water partition coefficient (Wildman–Crippen LogP) is 1.78. The van der Waals surface area contributed by atoms with Gasteiger partial charge in [0.2, 0.25) is 5.91 Å². The van der Waals surface area contributed by atoms with E-state index in [9.17, 15) is 9.59 Å². The average Bonchev–Trinajstić information content (AvgIpc) is 2.44. The number of carboxylic acid groups (broad SMARTS) is 1. The number of carbonyl (C=O) groups excluding carboxylic acids is 1. The Morgan fingerprint density at radius 3 is 2.70 bits per heavy atom. The summed E-state index contributed by atoms with van der Waals surface area (Å²) in [5.41, 5.74) is 0. The second-order valence-corrected chi connectivity index (χ2v) is 5.23. The van der Waals surface area contributed by atoms with Crippen LogP contribution in [0.5, 0.6) is 0 Å². The molecule has 0 saturated carbocycles. The maximum atomic E-state index is 11.5. The Balaban J connectivity index is 1.96. The molecule has 1 aromatic rings. The molecule has 0 spiro atoms. The molecule has 0 aromatic heterocycles. The molecule has 0 aliphatic rings. The molecule has 0 aliphatic heterocycles. The molecule has 1 aromatic carbocycles. The first-order chi connectivity index (χ1) is 9.68. The quantitative estimate of drug-likeness (QED) is 0.508. The van der Waals surface area contributed by atoms with Crippen molar-refractivity contribution in [3.63, 3.8) is 0 Å². The van der Waals surface area contributed by atoms with Crippen LogP contribution >= 0.6 is 11.8 Å². The van der Waals surface area contributed by atoms with E-state index in [1.165, 1.54) is 4.90 Å². The molecule has 0 atom stereocenters. The normalized spacial score (nSPS) is 10.2. The van der Waals surface area contributed by atoms with Crippen molar-refractivity contribution in [3.05, 3.63) is 30.3 Å². The lowest BCUT2D eigenvalue weighted by molar-refractivity contribution is -0.142. The minimum Gasteiger partial charge on any atom is -0.480 e. The summed E-state index contributed by atoms with van der Waals surface area (Å²) in [5, 5.41) is 11.0. The Morgan fingerprint density at radius 1 is 1.25 bits per heavy atom. The largest absolute Gasteiger partial charge is 0.480 e. The van der Waals surface area contributed by atoms with Crippen molar-refractivity contribution in [1.82, 2.24) is 5.32 Å². The highest BCUT2D eigenvalue weighted by Crippen LogP contribution is 2.18. The number of ether oxygens (including phenoxy) is 1. The van der Waals surface area contributed by atoms with Crippen LogP contribution in [-0.2, 0) is 14.3 Å². The number of carboxylic acids is 1. The van der Waals surface area contributed by atoms with Crippen LogP contribution in [0.25, 0.3) is 0 Å². The lowest BCUT2D eigenvalue weighted by Gasteiger charge is -2.05. The van der Waals surface area contributed by atoms with Gasteiger partial charge in [-0.2, -0.15) is 0 Å². The van der Waals surface area contributed by atoms with Crippen LogP contribution in [0, 0.1) is 0 Å². The van der Waals surface area contributed by atoms with Gasteiger partial charge in [-0.1, -0.05) is 18.2 Å². The maximum Gasteiger partial charge on any atom is 0.329 e. The Bertz CT molecular complexity index is 411. The van der Waals surface area contributed by atoms with E-state index in [4.69, 9.17) is 9.84 Å². The summed E-state index contributed by atoms with van der Waals surface area (Å²) in [6.45, 7) is 0.234. The number of thioether (sulfide) groups is 1. The van der Waals surface area contributed by atoms with Crippen LogP contribution in [-0.4, -0.2) is 42.5 Å². The molecule has 0 saturated heterocycles. The first kappa shape index (κ1) is 16.5. The molecule has 110 valence electrons. The zero-order valence-corrected chi connectivity index (χ0v) is 12.0. The molecule has 0 fully saturated rings. The number of nitrogens with one attached hydrogen (secondary N) is 1. The van der Waals surface area contributed by atoms with Crippen molar-refractivity contribution >= 4 is 23.6 Å². The summed E-state index contributed by atoms with van der Waals surface area (Å²) in [6, 6.07) is 10.1. The fourth-order valence-corrected chi connectivity index (χ4v) is 2.32. The number of hydrogen-bond acceptors (Lipinski definition) is 4. The SMILES string of the molecule is O=C(O)COCCNC(=O)CCCSc1ccccc1. The molecular formula is C14H19NO4S. The highest BCUT2D eigenvalue weighted by Gasteiger charge is 2.01. The summed E-state index contributed by atoms with van der Waals surface area (Å²) >= 11 is 1.73. The minimum absolute atomic E-state index is 0.0300. The van der Waals surface area contributed by atoms with Crippen LogP contribution in [0.2, 0.25) is 0 Å². The molecule has 0 aliphatic carbocycles. The van der Waals surface area contributed by atoms with E-state index in [1.54, 1.807) is 11.8 Å². The van der Waals surface area contributed by atoms with E-state index < -0.39 is 5.97 Å². The predicted molar refractivity (Wildman–Crippen MR) is 77.9 cm³/mol. The zero-order valence-electron chi connectivity index (χ0n) is 11.2. The molecule has 0 heterocycles. The fraction of sp³-hybridized carbons (Fsp3) is 0.429. The van der Waals surface area contributed by atoms with Crippen molar-refractivity contribution in [3.8, 4) is 0 Å². The lowest BCUT2D eigenvalue weighted by Crippen LogP contribution is -2.27. The highest BCUT2D eigenvalue weighted by molar-refractivity contribution is 7.99. The summed E-state index contributed by atoms with van der Waals surface area (Å²) < 4.78 is 4.81. The molecule has 1 rings (SSSR count). The van der Waals surface area contributed by atoms with Crippen molar-refractivity contribution in [2.24, 2.45) is 0 Å². The van der Waals surface area contributed by atoms with E-state index in [1.807, 2.05) is 30.3 Å². The van der Waals surface area contributed by atoms with Crippen LogP contribution in [0.1, 0.15) is 12.8 Å². The topological polar surface area (TPSA) is 75.6 Å². The number of rotatable bonds is 10. The van der Waals surface area contributed by atoms with Gasteiger partial charge in [-0.3, -0.25) is 4.79 Å². The molecule has 20 heavy (non-hydrogen) atoms. The molecule has 0 bridgehead atoms. The summed E-state index contributed by atoms with van der Waals surface area (Å²) in [4.78, 5) is 22.8. The fourth-order valence-electron chi connectivity index (χ4n) is 1.45. The maximum absolute atomic E-state index is 11.5. The standard InChI is InChI=1S/C14H19NO4S/c16-13(15-8-9-19-11-14(17)18)7-4-10-20-12-5-2-1-3-6-12/h1-3,5-6H,4,7-11H2,(H,15,16)(H,17,18). The number of carbonyl (C=O) groups is 2. The number of amides is 1. The van der Waals surface area contributed by atoms with Gasteiger partial charge in [-0.15, -0.1) is 11.8 Å². The van der Waals surface area contributed by atoms with E-state index in [0.29, 0.717) is 13.0 Å². The highest BCUT2D eigenvalue weighted by atomic mass is 32.2.